The van der Waals surface area contributed by atoms with E-state index in [1.54, 1.807) is 37.3 Å². The number of hydrogen-bond donors (Lipinski definition) is 3. The second-order valence-electron chi connectivity index (χ2n) is 8.15. The second-order valence-corrected chi connectivity index (χ2v) is 8.15. The van der Waals surface area contributed by atoms with Crippen LogP contribution in [0.15, 0.2) is 30.3 Å². The van der Waals surface area contributed by atoms with E-state index in [2.05, 4.69) is 10.6 Å². The van der Waals surface area contributed by atoms with Crippen LogP contribution in [0, 0.1) is 0 Å². The Bertz CT molecular complexity index is 910. The minimum Gasteiger partial charge on any atom is -0.366 e. The highest BCUT2D eigenvalue weighted by Gasteiger charge is 2.45. The molecule has 4 amide bonds. The van der Waals surface area contributed by atoms with Crippen LogP contribution in [-0.4, -0.2) is 82.6 Å². The molecule has 2 aliphatic rings. The first-order chi connectivity index (χ1) is 16.4. The quantitative estimate of drug-likeness (QED) is 0.330. The van der Waals surface area contributed by atoms with Gasteiger partial charge in [-0.3, -0.25) is 24.2 Å². The number of aldehydes is 1. The Labute approximate surface area is 197 Å². The Morgan fingerprint density at radius 3 is 2.65 bits per heavy atom. The van der Waals surface area contributed by atoms with E-state index < -0.39 is 42.1 Å². The van der Waals surface area contributed by atoms with E-state index >= 15 is 0 Å². The van der Waals surface area contributed by atoms with Gasteiger partial charge in [-0.2, -0.15) is 0 Å². The van der Waals surface area contributed by atoms with E-state index in [0.29, 0.717) is 18.3 Å². The molecule has 3 N–H and O–H groups in total. The number of hydrogen-bond acceptors (Lipinski definition) is 7. The summed E-state index contributed by atoms with van der Waals surface area (Å²) in [6.45, 7) is 2.10. The molecule has 0 aromatic heterocycles. The zero-order valence-corrected chi connectivity index (χ0v) is 19.0. The third-order valence-electron chi connectivity index (χ3n) is 5.86. The molecule has 1 aromatic rings. The highest BCUT2D eigenvalue weighted by Crippen LogP contribution is 2.25. The van der Waals surface area contributed by atoms with E-state index in [9.17, 15) is 29.1 Å². The molecule has 2 heterocycles. The first-order valence-electron chi connectivity index (χ1n) is 11.4. The molecular weight excluding hydrogens is 444 g/mol. The van der Waals surface area contributed by atoms with Crippen molar-refractivity contribution >= 4 is 29.9 Å². The predicted octanol–water partition coefficient (Wildman–Crippen LogP) is -0.258. The molecule has 3 rings (SSSR count). The Morgan fingerprint density at radius 1 is 1.24 bits per heavy atom. The molecule has 2 saturated heterocycles. The van der Waals surface area contributed by atoms with Crippen LogP contribution in [0.4, 0.5) is 0 Å². The lowest BCUT2D eigenvalue weighted by Crippen LogP contribution is -2.64. The highest BCUT2D eigenvalue weighted by atomic mass is 16.6. The summed E-state index contributed by atoms with van der Waals surface area (Å²) in [5, 5.41) is 17.8. The van der Waals surface area contributed by atoms with Gasteiger partial charge in [0.1, 0.15) is 18.4 Å². The lowest BCUT2D eigenvalue weighted by molar-refractivity contribution is -0.177. The van der Waals surface area contributed by atoms with Crippen molar-refractivity contribution < 1.29 is 33.8 Å². The van der Waals surface area contributed by atoms with Crippen LogP contribution >= 0.6 is 0 Å². The van der Waals surface area contributed by atoms with E-state index in [1.165, 1.54) is 5.01 Å². The Balaban J connectivity index is 1.80. The van der Waals surface area contributed by atoms with Crippen LogP contribution in [0.5, 0.6) is 0 Å². The predicted molar refractivity (Wildman–Crippen MR) is 119 cm³/mol. The first kappa shape index (κ1) is 25.3. The van der Waals surface area contributed by atoms with Crippen LogP contribution in [-0.2, 0) is 23.9 Å². The van der Waals surface area contributed by atoms with Gasteiger partial charge in [0.05, 0.1) is 6.04 Å². The number of nitrogens with one attached hydrogen (secondary N) is 2. The third kappa shape index (κ3) is 5.78. The zero-order chi connectivity index (χ0) is 24.7. The standard InChI is InChI=1S/C23H30N4O7/c1-2-34-23(33)17(12-14-28)25-21(31)18-9-6-13-26-19(29)11-10-16(22(32)27(18)26)24-20(30)15-7-4-3-5-8-15/h3-5,7-8,14,16-18,23,33H,2,6,9-13H2,1H3,(H,24,30)(H,25,31)/t16-,17-,18-,23?/m0/s1. The number of ether oxygens (including phenoxy) is 1. The van der Waals surface area contributed by atoms with Gasteiger partial charge in [0.15, 0.2) is 6.29 Å². The molecule has 1 aromatic carbocycles. The molecular formula is C23H30N4O7. The zero-order valence-electron chi connectivity index (χ0n) is 19.0. The van der Waals surface area contributed by atoms with Crippen molar-refractivity contribution in [3.05, 3.63) is 35.9 Å². The Morgan fingerprint density at radius 2 is 1.97 bits per heavy atom. The Hall–Kier alpha value is -3.31. The maximum atomic E-state index is 13.5. The van der Waals surface area contributed by atoms with Gasteiger partial charge in [-0.25, -0.2) is 5.01 Å². The summed E-state index contributed by atoms with van der Waals surface area (Å²) in [7, 11) is 0. The van der Waals surface area contributed by atoms with Gasteiger partial charge in [-0.05, 0) is 38.3 Å². The van der Waals surface area contributed by atoms with E-state index in [0.717, 1.165) is 5.01 Å². The minimum absolute atomic E-state index is 0.0349. The molecule has 34 heavy (non-hydrogen) atoms. The monoisotopic (exact) mass is 474 g/mol. The second kappa shape index (κ2) is 11.7. The lowest BCUT2D eigenvalue weighted by atomic mass is 10.0. The molecule has 2 fully saturated rings. The van der Waals surface area contributed by atoms with Gasteiger partial charge in [0.2, 0.25) is 11.8 Å². The number of fused-ring (bicyclic) bond motifs is 1. The molecule has 0 saturated carbocycles. The van der Waals surface area contributed by atoms with Gasteiger partial charge in [-0.15, -0.1) is 0 Å². The third-order valence-corrected chi connectivity index (χ3v) is 5.86. The first-order valence-corrected chi connectivity index (χ1v) is 11.4. The summed E-state index contributed by atoms with van der Waals surface area (Å²) in [6.07, 6.45) is -0.137. The number of hydrazine groups is 1. The molecule has 0 spiro atoms. The number of aliphatic hydroxyl groups is 1. The van der Waals surface area contributed by atoms with Crippen molar-refractivity contribution in [2.75, 3.05) is 13.2 Å². The summed E-state index contributed by atoms with van der Waals surface area (Å²) in [5.74, 6) is -1.95. The van der Waals surface area contributed by atoms with Crippen molar-refractivity contribution in [2.24, 2.45) is 0 Å². The maximum Gasteiger partial charge on any atom is 0.264 e. The van der Waals surface area contributed by atoms with Crippen LogP contribution in [0.25, 0.3) is 0 Å². The smallest absolute Gasteiger partial charge is 0.264 e. The van der Waals surface area contributed by atoms with E-state index in [4.69, 9.17) is 4.74 Å². The lowest BCUT2D eigenvalue weighted by Gasteiger charge is -2.43. The SMILES string of the molecule is CCOC(O)[C@H](CC=O)NC(=O)[C@@H]1CCCN2C(=O)CC[C@H](NC(=O)c3ccccc3)C(=O)N12. The van der Waals surface area contributed by atoms with Crippen molar-refractivity contribution in [1.29, 1.82) is 0 Å². The Kier molecular flexibility index (Phi) is 8.72. The van der Waals surface area contributed by atoms with Crippen molar-refractivity contribution in [1.82, 2.24) is 20.7 Å². The van der Waals surface area contributed by atoms with Gasteiger partial charge < -0.3 is 25.3 Å². The fourth-order valence-corrected chi connectivity index (χ4v) is 4.15. The average molecular weight is 475 g/mol. The number of nitrogens with zero attached hydrogens (tertiary/aromatic N) is 2. The van der Waals surface area contributed by atoms with Gasteiger partial charge in [0, 0.05) is 31.6 Å². The number of carbonyl (C=O) groups is 5. The molecule has 0 aliphatic carbocycles. The fraction of sp³-hybridized carbons (Fsp3) is 0.522. The summed E-state index contributed by atoms with van der Waals surface area (Å²) < 4.78 is 5.10. The largest absolute Gasteiger partial charge is 0.366 e. The average Bonchev–Trinajstić information content (AvgIpc) is 2.96. The maximum absolute atomic E-state index is 13.5. The molecule has 4 atom stereocenters. The number of carbonyl (C=O) groups excluding carboxylic acids is 5. The van der Waals surface area contributed by atoms with Gasteiger partial charge in [-0.1, -0.05) is 18.2 Å². The van der Waals surface area contributed by atoms with Crippen molar-refractivity contribution in [2.45, 2.75) is 63.4 Å². The molecule has 2 aliphatic heterocycles. The fourth-order valence-electron chi connectivity index (χ4n) is 4.15. The van der Waals surface area contributed by atoms with Crippen LogP contribution in [0.1, 0.15) is 49.4 Å². The molecule has 11 heteroatoms. The minimum atomic E-state index is -1.40. The number of rotatable bonds is 9. The van der Waals surface area contributed by atoms with E-state index in [-0.39, 0.29) is 44.7 Å². The normalized spacial score (nSPS) is 22.3. The number of benzene rings is 1. The highest BCUT2D eigenvalue weighted by molar-refractivity contribution is 5.99. The van der Waals surface area contributed by atoms with E-state index in [1.807, 2.05) is 0 Å². The van der Waals surface area contributed by atoms with Crippen molar-refractivity contribution in [3.63, 3.8) is 0 Å². The molecule has 184 valence electrons. The van der Waals surface area contributed by atoms with Crippen molar-refractivity contribution in [3.8, 4) is 0 Å². The summed E-state index contributed by atoms with van der Waals surface area (Å²) in [4.78, 5) is 63.1. The molecule has 1 unspecified atom stereocenters. The summed E-state index contributed by atoms with van der Waals surface area (Å²) in [5.41, 5.74) is 0.372. The number of amides is 4. The van der Waals surface area contributed by atoms with Crippen LogP contribution < -0.4 is 10.6 Å². The summed E-state index contributed by atoms with van der Waals surface area (Å²) >= 11 is 0. The van der Waals surface area contributed by atoms with Gasteiger partial charge >= 0.3 is 0 Å². The molecule has 11 nitrogen and oxygen atoms in total. The topological polar surface area (TPSA) is 145 Å². The van der Waals surface area contributed by atoms with Crippen LogP contribution in [0.2, 0.25) is 0 Å². The van der Waals surface area contributed by atoms with Crippen LogP contribution in [0.3, 0.4) is 0 Å². The molecule has 0 bridgehead atoms. The van der Waals surface area contributed by atoms with Gasteiger partial charge in [0.25, 0.3) is 11.8 Å². The number of aliphatic hydroxyl groups excluding tert-OH is 1. The summed E-state index contributed by atoms with van der Waals surface area (Å²) in [6, 6.07) is 5.36. The molecule has 0 radical (unpaired) electrons.